The minimum absolute atomic E-state index is 0.389. The topological polar surface area (TPSA) is 41.1 Å². The van der Waals surface area contributed by atoms with Crippen LogP contribution >= 0.6 is 11.3 Å². The Kier molecular flexibility index (Phi) is 4.02. The Balaban J connectivity index is 1.62. The quantitative estimate of drug-likeness (QED) is 0.863. The van der Waals surface area contributed by atoms with Gasteiger partial charge < -0.3 is 10.2 Å². The number of aryl methyl sites for hydroxylation is 1. The zero-order valence-electron chi connectivity index (χ0n) is 16.3. The summed E-state index contributed by atoms with van der Waals surface area (Å²) in [5, 5.41) is 4.87. The largest absolute Gasteiger partial charge is 0.353 e. The number of rotatable bonds is 2. The first-order valence-electron chi connectivity index (χ1n) is 10.3. The van der Waals surface area contributed by atoms with Crippen molar-refractivity contribution in [2.75, 3.05) is 31.1 Å². The molecule has 3 heterocycles. The summed E-state index contributed by atoms with van der Waals surface area (Å²) in [6.45, 7) is 11.4. The van der Waals surface area contributed by atoms with Crippen LogP contribution in [-0.2, 0) is 12.8 Å². The van der Waals surface area contributed by atoms with Crippen LogP contribution in [0.3, 0.4) is 0 Å². The molecule has 1 N–H and O–H groups in total. The Morgan fingerprint density at radius 2 is 1.85 bits per heavy atom. The fourth-order valence-corrected chi connectivity index (χ4v) is 5.84. The van der Waals surface area contributed by atoms with Gasteiger partial charge in [0.1, 0.15) is 16.5 Å². The van der Waals surface area contributed by atoms with E-state index in [9.17, 15) is 0 Å². The van der Waals surface area contributed by atoms with Crippen molar-refractivity contribution < 1.29 is 0 Å². The molecule has 0 aromatic carbocycles. The van der Waals surface area contributed by atoms with Crippen molar-refractivity contribution in [3.8, 4) is 0 Å². The summed E-state index contributed by atoms with van der Waals surface area (Å²) in [5.74, 6) is 3.74. The summed E-state index contributed by atoms with van der Waals surface area (Å²) in [6.07, 6.45) is 6.25. The van der Waals surface area contributed by atoms with Crippen LogP contribution in [0.4, 0.5) is 5.82 Å². The third kappa shape index (κ3) is 2.93. The first-order valence-corrected chi connectivity index (χ1v) is 11.1. The van der Waals surface area contributed by atoms with Crippen molar-refractivity contribution in [1.29, 1.82) is 0 Å². The van der Waals surface area contributed by atoms with Gasteiger partial charge in [0.25, 0.3) is 0 Å². The maximum atomic E-state index is 5.13. The van der Waals surface area contributed by atoms with E-state index >= 15 is 0 Å². The van der Waals surface area contributed by atoms with Crippen LogP contribution in [0.15, 0.2) is 0 Å². The zero-order valence-corrected chi connectivity index (χ0v) is 17.1. The monoisotopic (exact) mass is 370 g/mol. The Morgan fingerprint density at radius 1 is 1.08 bits per heavy atom. The second kappa shape index (κ2) is 6.16. The molecule has 0 radical (unpaired) electrons. The fraction of sp³-hybridized carbons (Fsp3) is 0.714. The van der Waals surface area contributed by atoms with Crippen LogP contribution in [0.2, 0.25) is 0 Å². The highest BCUT2D eigenvalue weighted by Gasteiger charge is 2.34. The average molecular weight is 371 g/mol. The molecule has 2 aromatic rings. The van der Waals surface area contributed by atoms with Gasteiger partial charge in [0.2, 0.25) is 0 Å². The number of nitrogens with one attached hydrogen (secondary N) is 1. The summed E-state index contributed by atoms with van der Waals surface area (Å²) in [5.41, 5.74) is 1.96. The van der Waals surface area contributed by atoms with Gasteiger partial charge >= 0.3 is 0 Å². The van der Waals surface area contributed by atoms with E-state index in [-0.39, 0.29) is 0 Å². The molecule has 0 spiro atoms. The van der Waals surface area contributed by atoms with E-state index in [1.807, 2.05) is 11.3 Å². The molecule has 4 nitrogen and oxygen atoms in total. The first-order chi connectivity index (χ1) is 12.5. The van der Waals surface area contributed by atoms with Gasteiger partial charge in [-0.2, -0.15) is 0 Å². The van der Waals surface area contributed by atoms with Gasteiger partial charge in [-0.15, -0.1) is 11.3 Å². The molecule has 26 heavy (non-hydrogen) atoms. The van der Waals surface area contributed by atoms with E-state index in [1.165, 1.54) is 48.1 Å². The van der Waals surface area contributed by atoms with Crippen molar-refractivity contribution in [3.63, 3.8) is 0 Å². The lowest BCUT2D eigenvalue weighted by Crippen LogP contribution is -2.44. The zero-order chi connectivity index (χ0) is 17.9. The number of anilines is 1. The maximum Gasteiger partial charge on any atom is 0.141 e. The number of fused-ring (bicyclic) bond motifs is 3. The number of thiophene rings is 1. The van der Waals surface area contributed by atoms with Gasteiger partial charge in [-0.05, 0) is 49.0 Å². The van der Waals surface area contributed by atoms with Crippen molar-refractivity contribution in [2.45, 2.75) is 58.8 Å². The summed E-state index contributed by atoms with van der Waals surface area (Å²) in [6, 6.07) is 0. The summed E-state index contributed by atoms with van der Waals surface area (Å²) in [4.78, 5) is 15.5. The Morgan fingerprint density at radius 3 is 2.54 bits per heavy atom. The van der Waals surface area contributed by atoms with Crippen LogP contribution in [0.5, 0.6) is 0 Å². The molecule has 1 unspecified atom stereocenters. The molecule has 5 heteroatoms. The van der Waals surface area contributed by atoms with E-state index < -0.39 is 0 Å². The number of hydrogen-bond acceptors (Lipinski definition) is 5. The fourth-order valence-electron chi connectivity index (χ4n) is 4.54. The molecule has 2 aliphatic carbocycles. The van der Waals surface area contributed by atoms with E-state index in [0.29, 0.717) is 11.3 Å². The van der Waals surface area contributed by atoms with Crippen LogP contribution in [0.1, 0.15) is 62.2 Å². The average Bonchev–Trinajstić information content (AvgIpc) is 3.41. The number of aromatic nitrogens is 2. The molecule has 5 rings (SSSR count). The molecule has 2 fully saturated rings. The number of nitrogens with zero attached hydrogens (tertiary/aromatic N) is 3. The van der Waals surface area contributed by atoms with Gasteiger partial charge in [-0.1, -0.05) is 20.8 Å². The van der Waals surface area contributed by atoms with Crippen molar-refractivity contribution >= 4 is 27.4 Å². The molecule has 2 aromatic heterocycles. The Labute approximate surface area is 160 Å². The summed E-state index contributed by atoms with van der Waals surface area (Å²) >= 11 is 1.96. The lowest BCUT2D eigenvalue weighted by Gasteiger charge is -2.34. The number of hydrogen-bond donors (Lipinski definition) is 1. The van der Waals surface area contributed by atoms with Gasteiger partial charge in [0.05, 0.1) is 5.39 Å². The first kappa shape index (κ1) is 16.9. The molecular formula is C21H30N4S. The minimum atomic E-state index is 0.389. The standard InChI is InChI=1S/C21H30N4S/c1-21(2,3)14-6-7-15-16(12-14)26-20-17(15)19(25-10-8-22-9-11-25)23-18(24-20)13-4-5-13/h13-14,22H,4-12H2,1-3H3. The predicted octanol–water partition coefficient (Wildman–Crippen LogP) is 4.13. The van der Waals surface area contributed by atoms with E-state index in [2.05, 4.69) is 31.0 Å². The van der Waals surface area contributed by atoms with Crippen molar-refractivity contribution in [1.82, 2.24) is 15.3 Å². The molecule has 1 aliphatic heterocycles. The molecular weight excluding hydrogens is 340 g/mol. The smallest absolute Gasteiger partial charge is 0.141 e. The van der Waals surface area contributed by atoms with E-state index in [4.69, 9.17) is 9.97 Å². The normalized spacial score (nSPS) is 24.1. The molecule has 3 aliphatic rings. The van der Waals surface area contributed by atoms with Gasteiger partial charge in [0, 0.05) is 37.0 Å². The summed E-state index contributed by atoms with van der Waals surface area (Å²) in [7, 11) is 0. The second-order valence-corrected chi connectivity index (χ2v) is 10.5. The Hall–Kier alpha value is -1.20. The number of piperazine rings is 1. The molecule has 1 saturated heterocycles. The third-order valence-corrected chi connectivity index (χ3v) is 7.64. The second-order valence-electron chi connectivity index (χ2n) is 9.41. The Bertz CT molecular complexity index is 825. The highest BCUT2D eigenvalue weighted by Crippen LogP contribution is 2.46. The van der Waals surface area contributed by atoms with Crippen molar-refractivity contribution in [3.05, 3.63) is 16.3 Å². The SMILES string of the molecule is CC(C)(C)C1CCc2c(sc3nc(C4CC4)nc(N4CCNCC4)c23)C1. The van der Waals surface area contributed by atoms with E-state index in [1.54, 1.807) is 10.4 Å². The van der Waals surface area contributed by atoms with Crippen LogP contribution in [0, 0.1) is 11.3 Å². The van der Waals surface area contributed by atoms with Gasteiger partial charge in [-0.25, -0.2) is 9.97 Å². The molecule has 1 atom stereocenters. The van der Waals surface area contributed by atoms with Crippen LogP contribution in [0.25, 0.3) is 10.2 Å². The molecule has 140 valence electrons. The highest BCUT2D eigenvalue weighted by atomic mass is 32.1. The molecule has 0 amide bonds. The minimum Gasteiger partial charge on any atom is -0.353 e. The lowest BCUT2D eigenvalue weighted by atomic mass is 9.72. The van der Waals surface area contributed by atoms with E-state index in [0.717, 1.165) is 37.9 Å². The van der Waals surface area contributed by atoms with Gasteiger partial charge in [-0.3, -0.25) is 0 Å². The maximum absolute atomic E-state index is 5.13. The molecule has 0 bridgehead atoms. The third-order valence-electron chi connectivity index (χ3n) is 6.49. The van der Waals surface area contributed by atoms with Crippen molar-refractivity contribution in [2.24, 2.45) is 11.3 Å². The summed E-state index contributed by atoms with van der Waals surface area (Å²) < 4.78 is 0. The van der Waals surface area contributed by atoms with Gasteiger partial charge in [0.15, 0.2) is 0 Å². The highest BCUT2D eigenvalue weighted by molar-refractivity contribution is 7.19. The molecule has 1 saturated carbocycles. The van der Waals surface area contributed by atoms with Crippen LogP contribution < -0.4 is 10.2 Å². The van der Waals surface area contributed by atoms with Crippen LogP contribution in [-0.4, -0.2) is 36.1 Å². The predicted molar refractivity (Wildman–Crippen MR) is 109 cm³/mol. The lowest BCUT2D eigenvalue weighted by molar-refractivity contribution is 0.218.